The smallest absolute Gasteiger partial charge is 0.252 e. The second-order valence-corrected chi connectivity index (χ2v) is 8.74. The fourth-order valence-electron chi connectivity index (χ4n) is 2.69. The summed E-state index contributed by atoms with van der Waals surface area (Å²) in [6.07, 6.45) is 4.14. The molecule has 20 heavy (non-hydrogen) atoms. The molecule has 1 fully saturated rings. The van der Waals surface area contributed by atoms with Crippen molar-refractivity contribution in [3.8, 4) is 0 Å². The van der Waals surface area contributed by atoms with Gasteiger partial charge in [-0.1, -0.05) is 13.3 Å². The van der Waals surface area contributed by atoms with Gasteiger partial charge in [0.1, 0.15) is 4.21 Å². The van der Waals surface area contributed by atoms with Crippen molar-refractivity contribution in [3.05, 3.63) is 16.5 Å². The van der Waals surface area contributed by atoms with Crippen LogP contribution in [0.15, 0.2) is 10.3 Å². The summed E-state index contributed by atoms with van der Waals surface area (Å²) in [5.41, 5.74) is 0.859. The van der Waals surface area contributed by atoms with Crippen LogP contribution in [0.1, 0.15) is 43.0 Å². The molecule has 0 bridgehead atoms. The summed E-state index contributed by atoms with van der Waals surface area (Å²) in [4.78, 5) is 0.741. The van der Waals surface area contributed by atoms with Gasteiger partial charge < -0.3 is 5.11 Å². The SMILES string of the molecule is CCC1CCCN(S(=O)(=O)c2cc(C)c(CO)s2)CC1. The molecule has 1 atom stereocenters. The lowest BCUT2D eigenvalue weighted by molar-refractivity contribution is 0.285. The van der Waals surface area contributed by atoms with Crippen LogP contribution in [0.5, 0.6) is 0 Å². The van der Waals surface area contributed by atoms with E-state index in [-0.39, 0.29) is 6.61 Å². The zero-order chi connectivity index (χ0) is 14.8. The average molecular weight is 317 g/mol. The molecule has 1 aliphatic heterocycles. The summed E-state index contributed by atoms with van der Waals surface area (Å²) in [5.74, 6) is 0.647. The van der Waals surface area contributed by atoms with Crippen molar-refractivity contribution in [2.75, 3.05) is 13.1 Å². The maximum Gasteiger partial charge on any atom is 0.252 e. The van der Waals surface area contributed by atoms with Crippen molar-refractivity contribution in [2.45, 2.75) is 50.3 Å². The first-order valence-corrected chi connectivity index (χ1v) is 9.45. The van der Waals surface area contributed by atoms with Gasteiger partial charge in [-0.3, -0.25) is 0 Å². The van der Waals surface area contributed by atoms with Gasteiger partial charge >= 0.3 is 0 Å². The van der Waals surface area contributed by atoms with Gasteiger partial charge in [-0.15, -0.1) is 11.3 Å². The first-order chi connectivity index (χ1) is 9.48. The van der Waals surface area contributed by atoms with Crippen LogP contribution in [-0.2, 0) is 16.6 Å². The summed E-state index contributed by atoms with van der Waals surface area (Å²) in [6.45, 7) is 5.15. The summed E-state index contributed by atoms with van der Waals surface area (Å²) < 4.78 is 27.3. The number of hydrogen-bond donors (Lipinski definition) is 1. The van der Waals surface area contributed by atoms with Gasteiger partial charge in [0.25, 0.3) is 10.0 Å². The normalized spacial score (nSPS) is 21.9. The number of aliphatic hydroxyl groups excluding tert-OH is 1. The maximum absolute atomic E-state index is 12.7. The van der Waals surface area contributed by atoms with Crippen LogP contribution in [0.3, 0.4) is 0 Å². The Hall–Kier alpha value is -0.430. The Labute approximate surface area is 125 Å². The number of aliphatic hydroxyl groups is 1. The summed E-state index contributed by atoms with van der Waals surface area (Å²) in [7, 11) is -3.39. The third-order valence-corrected chi connectivity index (χ3v) is 7.69. The van der Waals surface area contributed by atoms with Gasteiger partial charge in [-0.2, -0.15) is 4.31 Å². The minimum atomic E-state index is -3.39. The lowest BCUT2D eigenvalue weighted by atomic mass is 9.98. The highest BCUT2D eigenvalue weighted by Crippen LogP contribution is 2.30. The second kappa shape index (κ2) is 6.56. The molecule has 1 aliphatic rings. The molecular formula is C14H23NO3S2. The molecule has 1 N–H and O–H groups in total. The lowest BCUT2D eigenvalue weighted by Gasteiger charge is -2.19. The van der Waals surface area contributed by atoms with Crippen molar-refractivity contribution >= 4 is 21.4 Å². The molecule has 1 aromatic heterocycles. The molecule has 4 nitrogen and oxygen atoms in total. The zero-order valence-electron chi connectivity index (χ0n) is 12.1. The van der Waals surface area contributed by atoms with E-state index in [1.807, 2.05) is 6.92 Å². The van der Waals surface area contributed by atoms with Gasteiger partial charge in [-0.05, 0) is 43.7 Å². The molecule has 2 rings (SSSR count). The van der Waals surface area contributed by atoms with Crippen molar-refractivity contribution in [1.82, 2.24) is 4.31 Å². The average Bonchev–Trinajstić information content (AvgIpc) is 2.66. The van der Waals surface area contributed by atoms with E-state index in [1.54, 1.807) is 10.4 Å². The quantitative estimate of drug-likeness (QED) is 0.929. The van der Waals surface area contributed by atoms with Gasteiger partial charge in [0.2, 0.25) is 0 Å². The topological polar surface area (TPSA) is 57.6 Å². The van der Waals surface area contributed by atoms with Gasteiger partial charge in [0.15, 0.2) is 0 Å². The van der Waals surface area contributed by atoms with E-state index >= 15 is 0 Å². The molecule has 1 saturated heterocycles. The fraction of sp³-hybridized carbons (Fsp3) is 0.714. The van der Waals surface area contributed by atoms with E-state index < -0.39 is 10.0 Å². The van der Waals surface area contributed by atoms with E-state index in [4.69, 9.17) is 0 Å². The van der Waals surface area contributed by atoms with Gasteiger partial charge in [0, 0.05) is 18.0 Å². The first kappa shape index (κ1) is 15.9. The zero-order valence-corrected chi connectivity index (χ0v) is 13.8. The number of thiophene rings is 1. The molecule has 0 saturated carbocycles. The van der Waals surface area contributed by atoms with Crippen LogP contribution < -0.4 is 0 Å². The summed E-state index contributed by atoms with van der Waals surface area (Å²) >= 11 is 1.19. The third-order valence-electron chi connectivity index (χ3n) is 4.12. The van der Waals surface area contributed by atoms with Crippen LogP contribution in [0.25, 0.3) is 0 Å². The van der Waals surface area contributed by atoms with E-state index in [0.29, 0.717) is 23.2 Å². The first-order valence-electron chi connectivity index (χ1n) is 7.19. The van der Waals surface area contributed by atoms with Crippen molar-refractivity contribution < 1.29 is 13.5 Å². The number of nitrogens with zero attached hydrogens (tertiary/aromatic N) is 1. The van der Waals surface area contributed by atoms with Crippen LogP contribution in [-0.4, -0.2) is 30.9 Å². The lowest BCUT2D eigenvalue weighted by Crippen LogP contribution is -2.31. The molecule has 0 aromatic carbocycles. The van der Waals surface area contributed by atoms with Crippen LogP contribution in [0, 0.1) is 12.8 Å². The number of sulfonamides is 1. The molecule has 1 unspecified atom stereocenters. The minimum absolute atomic E-state index is 0.0933. The number of rotatable bonds is 4. The molecule has 114 valence electrons. The Bertz CT molecular complexity index is 551. The Morgan fingerprint density at radius 3 is 2.75 bits per heavy atom. The predicted octanol–water partition coefficient (Wildman–Crippen LogP) is 2.75. The molecule has 0 amide bonds. The molecule has 2 heterocycles. The molecule has 1 aromatic rings. The molecule has 6 heteroatoms. The predicted molar refractivity (Wildman–Crippen MR) is 81.4 cm³/mol. The van der Waals surface area contributed by atoms with Crippen LogP contribution >= 0.6 is 11.3 Å². The van der Waals surface area contributed by atoms with E-state index in [9.17, 15) is 13.5 Å². The Morgan fingerprint density at radius 1 is 1.40 bits per heavy atom. The largest absolute Gasteiger partial charge is 0.391 e. The highest BCUT2D eigenvalue weighted by molar-refractivity contribution is 7.91. The Kier molecular flexibility index (Phi) is 5.23. The van der Waals surface area contributed by atoms with Crippen LogP contribution in [0.2, 0.25) is 0 Å². The number of aryl methyl sites for hydroxylation is 1. The van der Waals surface area contributed by atoms with Crippen molar-refractivity contribution in [3.63, 3.8) is 0 Å². The Morgan fingerprint density at radius 2 is 2.15 bits per heavy atom. The third kappa shape index (κ3) is 3.24. The molecular weight excluding hydrogens is 294 g/mol. The van der Waals surface area contributed by atoms with E-state index in [0.717, 1.165) is 36.1 Å². The Balaban J connectivity index is 2.21. The van der Waals surface area contributed by atoms with Gasteiger partial charge in [-0.25, -0.2) is 8.42 Å². The monoisotopic (exact) mass is 317 g/mol. The van der Waals surface area contributed by atoms with E-state index in [2.05, 4.69) is 6.92 Å². The molecule has 0 radical (unpaired) electrons. The standard InChI is InChI=1S/C14H23NO3S2/c1-3-12-5-4-7-15(8-6-12)20(17,18)14-9-11(2)13(10-16)19-14/h9,12,16H,3-8,10H2,1-2H3. The maximum atomic E-state index is 12.7. The molecule has 0 spiro atoms. The highest BCUT2D eigenvalue weighted by atomic mass is 32.2. The van der Waals surface area contributed by atoms with Crippen molar-refractivity contribution in [2.24, 2.45) is 5.92 Å². The second-order valence-electron chi connectivity index (χ2n) is 5.44. The number of hydrogen-bond acceptors (Lipinski definition) is 4. The highest BCUT2D eigenvalue weighted by Gasteiger charge is 2.29. The minimum Gasteiger partial charge on any atom is -0.391 e. The summed E-state index contributed by atoms with van der Waals surface area (Å²) in [6, 6.07) is 1.69. The van der Waals surface area contributed by atoms with Crippen LogP contribution in [0.4, 0.5) is 0 Å². The summed E-state index contributed by atoms with van der Waals surface area (Å²) in [5, 5.41) is 9.22. The fourth-order valence-corrected chi connectivity index (χ4v) is 5.79. The van der Waals surface area contributed by atoms with Crippen molar-refractivity contribution in [1.29, 1.82) is 0 Å². The molecule has 0 aliphatic carbocycles. The van der Waals surface area contributed by atoms with E-state index in [1.165, 1.54) is 11.3 Å². The van der Waals surface area contributed by atoms with Gasteiger partial charge in [0.05, 0.1) is 6.61 Å².